The molecule has 5 nitrogen and oxygen atoms in total. The minimum Gasteiger partial charge on any atom is -0.348 e. The molecule has 2 amide bonds. The number of hydrogen-bond acceptors (Lipinski definition) is 3. The number of hydrogen-bond donors (Lipinski definition) is 3. The first-order chi connectivity index (χ1) is 11.2. The molecule has 0 heterocycles. The maximum atomic E-state index is 12.0. The fourth-order valence-corrected chi connectivity index (χ4v) is 2.38. The Balaban J connectivity index is 2.47. The second-order valence-corrected chi connectivity index (χ2v) is 7.12. The maximum absolute atomic E-state index is 12.0. The highest BCUT2D eigenvalue weighted by Crippen LogP contribution is 2.15. The van der Waals surface area contributed by atoms with E-state index in [-0.39, 0.29) is 30.3 Å². The largest absolute Gasteiger partial charge is 0.348 e. The lowest BCUT2D eigenvalue weighted by molar-refractivity contribution is -0.127. The van der Waals surface area contributed by atoms with Crippen molar-refractivity contribution in [2.75, 3.05) is 6.54 Å². The molecule has 0 saturated carbocycles. The summed E-state index contributed by atoms with van der Waals surface area (Å²) in [5.74, 6) is 0.133. The zero-order valence-electron chi connectivity index (χ0n) is 15.4. The third kappa shape index (κ3) is 6.71. The van der Waals surface area contributed by atoms with Crippen LogP contribution < -0.4 is 16.4 Å². The van der Waals surface area contributed by atoms with Crippen LogP contribution in [-0.2, 0) is 16.0 Å². The highest BCUT2D eigenvalue weighted by atomic mass is 16.2. The summed E-state index contributed by atoms with van der Waals surface area (Å²) in [5, 5.41) is 5.46. The monoisotopic (exact) mass is 333 g/mol. The summed E-state index contributed by atoms with van der Waals surface area (Å²) < 4.78 is 0. The first kappa shape index (κ1) is 20.2. The second kappa shape index (κ2) is 9.42. The van der Waals surface area contributed by atoms with Crippen LogP contribution >= 0.6 is 0 Å². The van der Waals surface area contributed by atoms with Gasteiger partial charge in [-0.15, -0.1) is 0 Å². The lowest BCUT2D eigenvalue weighted by Crippen LogP contribution is -2.47. The molecule has 1 rings (SSSR count). The van der Waals surface area contributed by atoms with Gasteiger partial charge in [-0.2, -0.15) is 0 Å². The number of carbonyl (C=O) groups is 2. The van der Waals surface area contributed by atoms with Crippen molar-refractivity contribution < 1.29 is 9.59 Å². The molecule has 2 atom stereocenters. The molecule has 24 heavy (non-hydrogen) atoms. The van der Waals surface area contributed by atoms with E-state index in [9.17, 15) is 9.59 Å². The number of benzene rings is 1. The molecule has 1 aromatic carbocycles. The zero-order chi connectivity index (χ0) is 18.3. The van der Waals surface area contributed by atoms with Gasteiger partial charge in [0.2, 0.25) is 11.8 Å². The van der Waals surface area contributed by atoms with E-state index in [2.05, 4.69) is 36.6 Å². The Kier molecular flexibility index (Phi) is 7.92. The molecular weight excluding hydrogens is 302 g/mol. The third-order valence-corrected chi connectivity index (χ3v) is 3.95. The number of amides is 2. The van der Waals surface area contributed by atoms with E-state index in [1.165, 1.54) is 5.56 Å². The summed E-state index contributed by atoms with van der Waals surface area (Å²) in [4.78, 5) is 23.7. The molecule has 0 aliphatic heterocycles. The average molecular weight is 333 g/mol. The standard InChI is InChI=1S/C19H31N3O2/c1-12(2)10-15-6-8-16(9-7-15)14(5)22-17(23)11-21-19(24)18(20)13(3)4/h6-9,12-14,18H,10-11,20H2,1-5H3,(H,21,24)(H,22,23)/t14?,18-/m0/s1. The summed E-state index contributed by atoms with van der Waals surface area (Å²) in [5.41, 5.74) is 8.08. The van der Waals surface area contributed by atoms with Crippen LogP contribution in [-0.4, -0.2) is 24.4 Å². The van der Waals surface area contributed by atoms with E-state index in [0.29, 0.717) is 5.92 Å². The van der Waals surface area contributed by atoms with Crippen molar-refractivity contribution in [1.29, 1.82) is 0 Å². The van der Waals surface area contributed by atoms with Crippen LogP contribution in [0.5, 0.6) is 0 Å². The van der Waals surface area contributed by atoms with Crippen molar-refractivity contribution in [3.63, 3.8) is 0 Å². The predicted octanol–water partition coefficient (Wildman–Crippen LogP) is 2.16. The smallest absolute Gasteiger partial charge is 0.239 e. The second-order valence-electron chi connectivity index (χ2n) is 7.12. The van der Waals surface area contributed by atoms with Crippen molar-refractivity contribution in [2.45, 2.75) is 53.1 Å². The summed E-state index contributed by atoms with van der Waals surface area (Å²) in [6, 6.07) is 7.57. The van der Waals surface area contributed by atoms with E-state index in [1.807, 2.05) is 32.9 Å². The number of nitrogens with two attached hydrogens (primary N) is 1. The maximum Gasteiger partial charge on any atom is 0.239 e. The Morgan fingerprint density at radius 3 is 2.12 bits per heavy atom. The Hall–Kier alpha value is -1.88. The minimum absolute atomic E-state index is 0.0383. The van der Waals surface area contributed by atoms with Crippen molar-refractivity contribution in [3.05, 3.63) is 35.4 Å². The average Bonchev–Trinajstić information content (AvgIpc) is 2.51. The summed E-state index contributed by atoms with van der Waals surface area (Å²) in [6.45, 7) is 9.99. The van der Waals surface area contributed by atoms with Crippen LogP contribution in [0.15, 0.2) is 24.3 Å². The van der Waals surface area contributed by atoms with Crippen molar-refractivity contribution >= 4 is 11.8 Å². The molecule has 134 valence electrons. The van der Waals surface area contributed by atoms with Crippen molar-refractivity contribution in [1.82, 2.24) is 10.6 Å². The van der Waals surface area contributed by atoms with Crippen LogP contribution in [0, 0.1) is 11.8 Å². The highest BCUT2D eigenvalue weighted by Gasteiger charge is 2.18. The minimum atomic E-state index is -0.594. The molecule has 4 N–H and O–H groups in total. The van der Waals surface area contributed by atoms with E-state index < -0.39 is 6.04 Å². The van der Waals surface area contributed by atoms with Gasteiger partial charge in [0, 0.05) is 0 Å². The lowest BCUT2D eigenvalue weighted by Gasteiger charge is -2.17. The summed E-state index contributed by atoms with van der Waals surface area (Å²) in [6.07, 6.45) is 1.04. The van der Waals surface area contributed by atoms with Gasteiger partial charge < -0.3 is 16.4 Å². The Morgan fingerprint density at radius 1 is 1.04 bits per heavy atom. The van der Waals surface area contributed by atoms with Crippen molar-refractivity contribution in [2.24, 2.45) is 17.6 Å². The van der Waals surface area contributed by atoms with Crippen molar-refractivity contribution in [3.8, 4) is 0 Å². The van der Waals surface area contributed by atoms with Crippen LogP contribution in [0.4, 0.5) is 0 Å². The van der Waals surface area contributed by atoms with Crippen LogP contribution in [0.25, 0.3) is 0 Å². The molecule has 5 heteroatoms. The van der Waals surface area contributed by atoms with E-state index in [4.69, 9.17) is 5.73 Å². The van der Waals surface area contributed by atoms with Crippen LogP contribution in [0.3, 0.4) is 0 Å². The SMILES string of the molecule is CC(C)Cc1ccc(C(C)NC(=O)CNC(=O)[C@@H](N)C(C)C)cc1. The number of rotatable bonds is 8. The number of carbonyl (C=O) groups excluding carboxylic acids is 2. The highest BCUT2D eigenvalue weighted by molar-refractivity contribution is 5.87. The molecule has 1 unspecified atom stereocenters. The van der Waals surface area contributed by atoms with Gasteiger partial charge >= 0.3 is 0 Å². The fraction of sp³-hybridized carbons (Fsp3) is 0.579. The quantitative estimate of drug-likeness (QED) is 0.681. The molecule has 0 aliphatic rings. The molecule has 0 aliphatic carbocycles. The van der Waals surface area contributed by atoms with Gasteiger partial charge in [-0.25, -0.2) is 0 Å². The molecule has 0 bridgehead atoms. The lowest BCUT2D eigenvalue weighted by atomic mass is 10.00. The molecule has 0 saturated heterocycles. The van der Waals surface area contributed by atoms with Crippen LogP contribution in [0.2, 0.25) is 0 Å². The Labute approximate surface area is 145 Å². The van der Waals surface area contributed by atoms with Gasteiger partial charge in [-0.3, -0.25) is 9.59 Å². The molecular formula is C19H31N3O2. The molecule has 1 aromatic rings. The Morgan fingerprint density at radius 2 is 1.62 bits per heavy atom. The zero-order valence-corrected chi connectivity index (χ0v) is 15.4. The van der Waals surface area contributed by atoms with E-state index >= 15 is 0 Å². The summed E-state index contributed by atoms with van der Waals surface area (Å²) >= 11 is 0. The molecule has 0 fully saturated rings. The third-order valence-electron chi connectivity index (χ3n) is 3.95. The topological polar surface area (TPSA) is 84.2 Å². The van der Waals surface area contributed by atoms with Crippen LogP contribution in [0.1, 0.15) is 51.8 Å². The summed E-state index contributed by atoms with van der Waals surface area (Å²) in [7, 11) is 0. The van der Waals surface area contributed by atoms with E-state index in [1.54, 1.807) is 0 Å². The van der Waals surface area contributed by atoms with Gasteiger partial charge in [0.25, 0.3) is 0 Å². The normalized spacial score (nSPS) is 13.7. The Bertz CT molecular complexity index is 538. The predicted molar refractivity (Wildman–Crippen MR) is 97.4 cm³/mol. The molecule has 0 aromatic heterocycles. The van der Waals surface area contributed by atoms with Gasteiger partial charge in [-0.1, -0.05) is 52.0 Å². The van der Waals surface area contributed by atoms with E-state index in [0.717, 1.165) is 12.0 Å². The number of nitrogens with one attached hydrogen (secondary N) is 2. The van der Waals surface area contributed by atoms with Gasteiger partial charge in [-0.05, 0) is 36.3 Å². The molecule has 0 radical (unpaired) electrons. The van der Waals surface area contributed by atoms with Gasteiger partial charge in [0.1, 0.15) is 0 Å². The molecule has 0 spiro atoms. The van der Waals surface area contributed by atoms with Gasteiger partial charge in [0.15, 0.2) is 0 Å². The first-order valence-corrected chi connectivity index (χ1v) is 8.62. The van der Waals surface area contributed by atoms with Gasteiger partial charge in [0.05, 0.1) is 18.6 Å². The fourth-order valence-electron chi connectivity index (χ4n) is 2.38. The first-order valence-electron chi connectivity index (χ1n) is 8.62.